The Morgan fingerprint density at radius 2 is 1.50 bits per heavy atom. The Bertz CT molecular complexity index is 701. The molecule has 0 unspecified atom stereocenters. The van der Waals surface area contributed by atoms with Crippen LogP contribution in [0.1, 0.15) is 31.9 Å². The van der Waals surface area contributed by atoms with Crippen LogP contribution in [0.4, 0.5) is 18.9 Å². The molecule has 5 nitrogen and oxygen atoms in total. The predicted molar refractivity (Wildman–Crippen MR) is 81.4 cm³/mol. The predicted octanol–water partition coefficient (Wildman–Crippen LogP) is 3.11. The van der Waals surface area contributed by atoms with Crippen molar-refractivity contribution in [3.8, 4) is 0 Å². The third kappa shape index (κ3) is 3.52. The molecule has 0 amide bonds. The monoisotopic (exact) mass is 345 g/mol. The Morgan fingerprint density at radius 3 is 1.88 bits per heavy atom. The molecule has 0 saturated heterocycles. The molecule has 132 valence electrons. The number of carboxylic acids is 2. The Kier molecular flexibility index (Phi) is 6.39. The molecule has 0 radical (unpaired) electrons. The molecule has 1 aromatic carbocycles. The molecule has 0 fully saturated rings. The average Bonchev–Trinajstić information content (AvgIpc) is 2.53. The van der Waals surface area contributed by atoms with Gasteiger partial charge in [-0.3, -0.25) is 0 Å². The topological polar surface area (TPSA) is 77.8 Å². The standard InChI is InChI=1S/C16H18F3NO4/c1-4-8-9(5-2)15(14(19)13(18)12(8)17)20(6-3)10(16(23)24)7-11(21)22/h7H,4-6H2,1-3H3,(H,21,22)(H,23,24)/b10-7+. The molecule has 0 aliphatic carbocycles. The summed E-state index contributed by atoms with van der Waals surface area (Å²) in [6.45, 7) is 4.44. The van der Waals surface area contributed by atoms with Gasteiger partial charge < -0.3 is 15.1 Å². The zero-order valence-corrected chi connectivity index (χ0v) is 13.5. The quantitative estimate of drug-likeness (QED) is 0.586. The van der Waals surface area contributed by atoms with Gasteiger partial charge in [0, 0.05) is 6.54 Å². The van der Waals surface area contributed by atoms with Crippen LogP contribution in [0.5, 0.6) is 0 Å². The molecule has 1 rings (SSSR count). The minimum absolute atomic E-state index is 0.0649. The summed E-state index contributed by atoms with van der Waals surface area (Å²) >= 11 is 0. The molecule has 0 atom stereocenters. The van der Waals surface area contributed by atoms with E-state index >= 15 is 0 Å². The molecule has 8 heteroatoms. The van der Waals surface area contributed by atoms with E-state index in [1.807, 2.05) is 0 Å². The first-order chi connectivity index (χ1) is 11.2. The van der Waals surface area contributed by atoms with E-state index in [1.54, 1.807) is 13.8 Å². The van der Waals surface area contributed by atoms with E-state index in [9.17, 15) is 27.9 Å². The second-order valence-electron chi connectivity index (χ2n) is 4.87. The van der Waals surface area contributed by atoms with E-state index in [0.29, 0.717) is 6.08 Å². The van der Waals surface area contributed by atoms with Crippen LogP contribution in [0, 0.1) is 17.5 Å². The summed E-state index contributed by atoms with van der Waals surface area (Å²) < 4.78 is 42.3. The zero-order chi connectivity index (χ0) is 18.6. The number of anilines is 1. The van der Waals surface area contributed by atoms with Gasteiger partial charge in [-0.15, -0.1) is 0 Å². The van der Waals surface area contributed by atoms with Gasteiger partial charge in [0.15, 0.2) is 17.5 Å². The molecular formula is C16H18F3NO4. The first kappa shape index (κ1) is 19.5. The van der Waals surface area contributed by atoms with E-state index in [0.717, 1.165) is 4.90 Å². The lowest BCUT2D eigenvalue weighted by atomic mass is 9.98. The van der Waals surface area contributed by atoms with Crippen LogP contribution in [-0.4, -0.2) is 28.7 Å². The fourth-order valence-corrected chi connectivity index (χ4v) is 2.59. The number of carbonyl (C=O) groups is 2. The normalized spacial score (nSPS) is 11.5. The van der Waals surface area contributed by atoms with Gasteiger partial charge in [-0.2, -0.15) is 0 Å². The number of likely N-dealkylation sites (N-methyl/N-ethyl adjacent to an activating group) is 1. The van der Waals surface area contributed by atoms with Crippen molar-refractivity contribution in [2.24, 2.45) is 0 Å². The number of benzene rings is 1. The highest BCUT2D eigenvalue weighted by Crippen LogP contribution is 2.35. The summed E-state index contributed by atoms with van der Waals surface area (Å²) in [5, 5.41) is 18.1. The van der Waals surface area contributed by atoms with Crippen LogP contribution in [-0.2, 0) is 22.4 Å². The van der Waals surface area contributed by atoms with Crippen molar-refractivity contribution in [2.75, 3.05) is 11.4 Å². The van der Waals surface area contributed by atoms with Gasteiger partial charge in [0.1, 0.15) is 5.70 Å². The summed E-state index contributed by atoms with van der Waals surface area (Å²) in [5.74, 6) is -7.74. The number of carboxylic acid groups (broad SMARTS) is 2. The second-order valence-corrected chi connectivity index (χ2v) is 4.87. The lowest BCUT2D eigenvalue weighted by molar-refractivity contribution is -0.135. The maximum absolute atomic E-state index is 14.4. The molecule has 2 N–H and O–H groups in total. The van der Waals surface area contributed by atoms with E-state index in [1.165, 1.54) is 6.92 Å². The Hall–Kier alpha value is -2.51. The smallest absolute Gasteiger partial charge is 0.352 e. The fraction of sp³-hybridized carbons (Fsp3) is 0.375. The zero-order valence-electron chi connectivity index (χ0n) is 13.5. The Balaban J connectivity index is 3.83. The Labute approximate surface area is 137 Å². The van der Waals surface area contributed by atoms with Crippen LogP contribution in [0.3, 0.4) is 0 Å². The first-order valence-corrected chi connectivity index (χ1v) is 7.34. The number of nitrogens with zero attached hydrogens (tertiary/aromatic N) is 1. The maximum atomic E-state index is 14.4. The highest BCUT2D eigenvalue weighted by atomic mass is 19.2. The summed E-state index contributed by atoms with van der Waals surface area (Å²) in [6.07, 6.45) is 0.572. The average molecular weight is 345 g/mol. The SMILES string of the molecule is CCc1c(F)c(F)c(F)c(N(CC)/C(=C/C(=O)O)C(=O)O)c1CC. The number of aliphatic carboxylic acids is 2. The summed E-state index contributed by atoms with van der Waals surface area (Å²) in [4.78, 5) is 23.0. The molecular weight excluding hydrogens is 327 g/mol. The van der Waals surface area contributed by atoms with E-state index in [2.05, 4.69) is 0 Å². The van der Waals surface area contributed by atoms with Crippen molar-refractivity contribution >= 4 is 17.6 Å². The van der Waals surface area contributed by atoms with Crippen molar-refractivity contribution < 1.29 is 33.0 Å². The number of hydrogen-bond donors (Lipinski definition) is 2. The molecule has 1 aromatic rings. The molecule has 0 saturated carbocycles. The van der Waals surface area contributed by atoms with Crippen molar-refractivity contribution in [3.63, 3.8) is 0 Å². The number of halogens is 3. The molecule has 0 aliphatic heterocycles. The van der Waals surface area contributed by atoms with Gasteiger partial charge in [0.25, 0.3) is 0 Å². The van der Waals surface area contributed by atoms with Gasteiger partial charge >= 0.3 is 11.9 Å². The molecule has 0 spiro atoms. The minimum atomic E-state index is -1.71. The Morgan fingerprint density at radius 1 is 0.958 bits per heavy atom. The van der Waals surface area contributed by atoms with Crippen molar-refractivity contribution in [1.29, 1.82) is 0 Å². The molecule has 0 aromatic heterocycles. The number of rotatable bonds is 7. The fourth-order valence-electron chi connectivity index (χ4n) is 2.59. The number of hydrogen-bond acceptors (Lipinski definition) is 3. The van der Waals surface area contributed by atoms with Gasteiger partial charge in [-0.25, -0.2) is 22.8 Å². The van der Waals surface area contributed by atoms with Gasteiger partial charge in [0.05, 0.1) is 11.8 Å². The minimum Gasteiger partial charge on any atom is -0.478 e. The summed E-state index contributed by atoms with van der Waals surface area (Å²) in [5.41, 5.74) is -1.16. The molecule has 24 heavy (non-hydrogen) atoms. The summed E-state index contributed by atoms with van der Waals surface area (Å²) in [6, 6.07) is 0. The van der Waals surface area contributed by atoms with Crippen LogP contribution in [0.25, 0.3) is 0 Å². The lowest BCUT2D eigenvalue weighted by Gasteiger charge is -2.28. The van der Waals surface area contributed by atoms with Gasteiger partial charge in [-0.1, -0.05) is 13.8 Å². The van der Waals surface area contributed by atoms with Crippen LogP contribution < -0.4 is 4.90 Å². The van der Waals surface area contributed by atoms with Crippen LogP contribution >= 0.6 is 0 Å². The van der Waals surface area contributed by atoms with Crippen molar-refractivity contribution in [2.45, 2.75) is 33.6 Å². The highest BCUT2D eigenvalue weighted by Gasteiger charge is 2.29. The van der Waals surface area contributed by atoms with E-state index in [4.69, 9.17) is 5.11 Å². The third-order valence-corrected chi connectivity index (χ3v) is 3.57. The van der Waals surface area contributed by atoms with E-state index in [-0.39, 0.29) is 30.5 Å². The van der Waals surface area contributed by atoms with E-state index < -0.39 is 40.8 Å². The largest absolute Gasteiger partial charge is 0.478 e. The maximum Gasteiger partial charge on any atom is 0.352 e. The molecule has 0 bridgehead atoms. The lowest BCUT2D eigenvalue weighted by Crippen LogP contribution is -2.31. The highest BCUT2D eigenvalue weighted by molar-refractivity contribution is 5.98. The van der Waals surface area contributed by atoms with Gasteiger partial charge in [-0.05, 0) is 30.9 Å². The van der Waals surface area contributed by atoms with Crippen molar-refractivity contribution in [3.05, 3.63) is 40.4 Å². The second kappa shape index (κ2) is 7.85. The van der Waals surface area contributed by atoms with Crippen LogP contribution in [0.15, 0.2) is 11.8 Å². The molecule has 0 aliphatic rings. The van der Waals surface area contributed by atoms with Crippen molar-refractivity contribution in [1.82, 2.24) is 0 Å². The third-order valence-electron chi connectivity index (χ3n) is 3.57. The first-order valence-electron chi connectivity index (χ1n) is 7.34. The van der Waals surface area contributed by atoms with Gasteiger partial charge in [0.2, 0.25) is 0 Å². The van der Waals surface area contributed by atoms with Crippen LogP contribution in [0.2, 0.25) is 0 Å². The molecule has 0 heterocycles. The summed E-state index contributed by atoms with van der Waals surface area (Å²) in [7, 11) is 0.